The van der Waals surface area contributed by atoms with Gasteiger partial charge in [0.2, 0.25) is 0 Å². The lowest BCUT2D eigenvalue weighted by molar-refractivity contribution is 0.0830. The Morgan fingerprint density at radius 3 is 3.07 bits per heavy atom. The van der Waals surface area contributed by atoms with Gasteiger partial charge >= 0.3 is 0 Å². The normalized spacial score (nSPS) is 24.0. The van der Waals surface area contributed by atoms with Crippen LogP contribution in [0.3, 0.4) is 0 Å². The second kappa shape index (κ2) is 7.90. The van der Waals surface area contributed by atoms with Crippen molar-refractivity contribution in [3.8, 4) is 11.5 Å². The van der Waals surface area contributed by atoms with Gasteiger partial charge in [0.05, 0.1) is 12.8 Å². The third-order valence-corrected chi connectivity index (χ3v) is 5.56. The monoisotopic (exact) mass is 371 g/mol. The quantitative estimate of drug-likeness (QED) is 0.810. The van der Waals surface area contributed by atoms with Crippen molar-refractivity contribution in [3.05, 3.63) is 41.2 Å². The van der Waals surface area contributed by atoms with E-state index >= 15 is 0 Å². The highest BCUT2D eigenvalue weighted by atomic mass is 16.5. The molecule has 27 heavy (non-hydrogen) atoms. The Bertz CT molecular complexity index is 789. The first-order valence-electron chi connectivity index (χ1n) is 9.90. The number of ether oxygens (including phenoxy) is 3. The molecule has 1 aromatic heterocycles. The molecule has 1 aromatic carbocycles. The zero-order valence-electron chi connectivity index (χ0n) is 16.4. The summed E-state index contributed by atoms with van der Waals surface area (Å²) in [6.07, 6.45) is 4.22. The number of hydrogen-bond acceptors (Lipinski definition) is 5. The molecule has 0 saturated carbocycles. The van der Waals surface area contributed by atoms with E-state index in [0.717, 1.165) is 50.6 Å². The third-order valence-electron chi connectivity index (χ3n) is 5.56. The van der Waals surface area contributed by atoms with Gasteiger partial charge in [-0.25, -0.2) is 0 Å². The minimum atomic E-state index is 0.118. The Kier molecular flexibility index (Phi) is 5.36. The fraction of sp³-hybridized carbons (Fsp3) is 0.571. The van der Waals surface area contributed by atoms with Gasteiger partial charge in [-0.05, 0) is 38.5 Å². The Balaban J connectivity index is 1.42. The molecule has 0 aliphatic carbocycles. The van der Waals surface area contributed by atoms with E-state index in [9.17, 15) is 0 Å². The number of hydrogen-bond donors (Lipinski definition) is 1. The van der Waals surface area contributed by atoms with Gasteiger partial charge in [0, 0.05) is 55.9 Å². The van der Waals surface area contributed by atoms with Crippen LogP contribution in [0.2, 0.25) is 0 Å². The Morgan fingerprint density at radius 2 is 2.26 bits per heavy atom. The highest BCUT2D eigenvalue weighted by molar-refractivity contribution is 5.49. The van der Waals surface area contributed by atoms with Crippen molar-refractivity contribution in [3.63, 3.8) is 0 Å². The second-order valence-corrected chi connectivity index (χ2v) is 7.45. The fourth-order valence-corrected chi connectivity index (χ4v) is 4.24. The van der Waals surface area contributed by atoms with Crippen molar-refractivity contribution in [2.24, 2.45) is 5.92 Å². The zero-order valence-corrected chi connectivity index (χ0v) is 16.4. The number of aryl methyl sites for hydroxylation is 1. The molecule has 1 N–H and O–H groups in total. The maximum absolute atomic E-state index is 6.04. The topological polar surface area (TPSA) is 57.5 Å². The summed E-state index contributed by atoms with van der Waals surface area (Å²) >= 11 is 0. The Hall–Kier alpha value is -2.05. The molecule has 0 spiro atoms. The largest absolute Gasteiger partial charge is 0.497 e. The molecule has 2 aromatic rings. The van der Waals surface area contributed by atoms with Crippen LogP contribution >= 0.6 is 0 Å². The first kappa shape index (κ1) is 18.3. The third kappa shape index (κ3) is 3.69. The van der Waals surface area contributed by atoms with Crippen LogP contribution in [0.4, 0.5) is 0 Å². The van der Waals surface area contributed by atoms with Gasteiger partial charge in [-0.2, -0.15) is 5.10 Å². The maximum atomic E-state index is 6.04. The van der Waals surface area contributed by atoms with Crippen molar-refractivity contribution in [1.29, 1.82) is 0 Å². The summed E-state index contributed by atoms with van der Waals surface area (Å²) in [4.78, 5) is 0. The molecule has 1 unspecified atom stereocenters. The molecular formula is C21H29N3O3. The minimum Gasteiger partial charge on any atom is -0.497 e. The van der Waals surface area contributed by atoms with E-state index in [1.165, 1.54) is 16.8 Å². The van der Waals surface area contributed by atoms with Crippen molar-refractivity contribution in [2.45, 2.75) is 52.0 Å². The van der Waals surface area contributed by atoms with Crippen molar-refractivity contribution in [1.82, 2.24) is 15.1 Å². The molecule has 146 valence electrons. The van der Waals surface area contributed by atoms with Crippen LogP contribution in [0.5, 0.6) is 11.5 Å². The average molecular weight is 371 g/mol. The molecule has 4 rings (SSSR count). The number of nitrogens with zero attached hydrogens (tertiary/aromatic N) is 2. The first-order valence-corrected chi connectivity index (χ1v) is 9.90. The van der Waals surface area contributed by atoms with E-state index in [0.29, 0.717) is 5.92 Å². The summed E-state index contributed by atoms with van der Waals surface area (Å²) in [5.74, 6) is 2.38. The van der Waals surface area contributed by atoms with Gasteiger partial charge in [0.25, 0.3) is 0 Å². The molecule has 0 bridgehead atoms. The molecule has 3 atom stereocenters. The lowest BCUT2D eigenvalue weighted by Gasteiger charge is -2.20. The molecule has 1 fully saturated rings. The number of fused-ring (bicyclic) bond motifs is 1. The standard InChI is InChI=1S/C21H29N3O3/c1-4-24-19(5-7-23-24)21-15(6-8-26-21)12-22-13-17-11-18(25-3)10-16-9-14(2)27-20(16)17/h5,7,10-11,14-15,21-22H,4,6,8-9,12-13H2,1-3H3/t14?,15-,21+/m0/s1. The number of aromatic nitrogens is 2. The Morgan fingerprint density at radius 1 is 1.37 bits per heavy atom. The van der Waals surface area contributed by atoms with Crippen LogP contribution in [-0.4, -0.2) is 36.1 Å². The maximum Gasteiger partial charge on any atom is 0.127 e. The summed E-state index contributed by atoms with van der Waals surface area (Å²) in [6, 6.07) is 6.25. The van der Waals surface area contributed by atoms with Crippen LogP contribution < -0.4 is 14.8 Å². The second-order valence-electron chi connectivity index (χ2n) is 7.45. The predicted octanol–water partition coefficient (Wildman–Crippen LogP) is 3.10. The van der Waals surface area contributed by atoms with E-state index in [-0.39, 0.29) is 12.2 Å². The highest BCUT2D eigenvalue weighted by Gasteiger charge is 2.32. The van der Waals surface area contributed by atoms with Gasteiger partial charge in [-0.3, -0.25) is 4.68 Å². The molecule has 1 saturated heterocycles. The van der Waals surface area contributed by atoms with E-state index < -0.39 is 0 Å². The minimum absolute atomic E-state index is 0.118. The Labute approximate surface area is 160 Å². The smallest absolute Gasteiger partial charge is 0.127 e. The number of benzene rings is 1. The summed E-state index contributed by atoms with van der Waals surface area (Å²) in [5.41, 5.74) is 3.59. The van der Waals surface area contributed by atoms with E-state index in [1.54, 1.807) is 7.11 Å². The van der Waals surface area contributed by atoms with E-state index in [4.69, 9.17) is 14.2 Å². The van der Waals surface area contributed by atoms with Gasteiger partial charge < -0.3 is 19.5 Å². The van der Waals surface area contributed by atoms with E-state index in [1.807, 2.05) is 10.9 Å². The summed E-state index contributed by atoms with van der Waals surface area (Å²) in [6.45, 7) is 7.57. The van der Waals surface area contributed by atoms with Crippen molar-refractivity contribution >= 4 is 0 Å². The molecule has 2 aliphatic rings. The summed E-state index contributed by atoms with van der Waals surface area (Å²) in [7, 11) is 1.72. The van der Waals surface area contributed by atoms with Gasteiger partial charge in [0.15, 0.2) is 0 Å². The lowest BCUT2D eigenvalue weighted by atomic mass is 9.98. The number of rotatable bonds is 7. The number of nitrogens with one attached hydrogen (secondary N) is 1. The number of methoxy groups -OCH3 is 1. The van der Waals surface area contributed by atoms with Gasteiger partial charge in [-0.15, -0.1) is 0 Å². The van der Waals surface area contributed by atoms with E-state index in [2.05, 4.69) is 42.5 Å². The van der Waals surface area contributed by atoms with Crippen LogP contribution in [0, 0.1) is 5.92 Å². The molecular weight excluding hydrogens is 342 g/mol. The summed E-state index contributed by atoms with van der Waals surface area (Å²) < 4.78 is 19.6. The van der Waals surface area contributed by atoms with Gasteiger partial charge in [-0.1, -0.05) is 0 Å². The van der Waals surface area contributed by atoms with Crippen molar-refractivity contribution in [2.75, 3.05) is 20.3 Å². The van der Waals surface area contributed by atoms with Crippen LogP contribution in [0.15, 0.2) is 24.4 Å². The van der Waals surface area contributed by atoms with Crippen LogP contribution in [0.1, 0.15) is 43.2 Å². The molecule has 2 aliphatic heterocycles. The van der Waals surface area contributed by atoms with Crippen LogP contribution in [-0.2, 0) is 24.2 Å². The average Bonchev–Trinajstić information content (AvgIpc) is 3.39. The highest BCUT2D eigenvalue weighted by Crippen LogP contribution is 2.37. The summed E-state index contributed by atoms with van der Waals surface area (Å²) in [5, 5.41) is 8.02. The molecule has 0 radical (unpaired) electrons. The molecule has 0 amide bonds. The zero-order chi connectivity index (χ0) is 18.8. The van der Waals surface area contributed by atoms with Crippen LogP contribution in [0.25, 0.3) is 0 Å². The van der Waals surface area contributed by atoms with Gasteiger partial charge in [0.1, 0.15) is 23.7 Å². The molecule has 6 nitrogen and oxygen atoms in total. The fourth-order valence-electron chi connectivity index (χ4n) is 4.24. The molecule has 6 heteroatoms. The lowest BCUT2D eigenvalue weighted by Crippen LogP contribution is -2.26. The van der Waals surface area contributed by atoms with Crippen molar-refractivity contribution < 1.29 is 14.2 Å². The first-order chi connectivity index (χ1) is 13.2. The SMILES string of the molecule is CCn1nccc1[C@@H]1OCC[C@H]1CNCc1cc(OC)cc2c1OC(C)C2. The predicted molar refractivity (Wildman–Crippen MR) is 103 cm³/mol. The molecule has 3 heterocycles.